The second-order valence-corrected chi connectivity index (χ2v) is 6.01. The molecule has 3 rings (SSSR count). The number of methoxy groups -OCH3 is 1. The summed E-state index contributed by atoms with van der Waals surface area (Å²) >= 11 is 0. The van der Waals surface area contributed by atoms with E-state index < -0.39 is 0 Å². The van der Waals surface area contributed by atoms with E-state index in [-0.39, 0.29) is 11.7 Å². The van der Waals surface area contributed by atoms with Crippen molar-refractivity contribution >= 4 is 17.8 Å². The van der Waals surface area contributed by atoms with E-state index in [2.05, 4.69) is 15.8 Å². The number of hydrazone groups is 1. The Hall–Kier alpha value is -3.80. The second-order valence-electron chi connectivity index (χ2n) is 6.01. The first-order valence-electron chi connectivity index (χ1n) is 8.74. The third kappa shape index (κ3) is 4.88. The smallest absolute Gasteiger partial charge is 0.271 e. The molecule has 0 unspecified atom stereocenters. The third-order valence-electron chi connectivity index (χ3n) is 4.11. The molecule has 3 aromatic rings. The highest BCUT2D eigenvalue weighted by molar-refractivity contribution is 5.95. The summed E-state index contributed by atoms with van der Waals surface area (Å²) in [5, 5.41) is 17.2. The van der Waals surface area contributed by atoms with Crippen LogP contribution in [-0.2, 0) is 6.54 Å². The fourth-order valence-electron chi connectivity index (χ4n) is 2.57. The number of ether oxygens (including phenoxy) is 1. The van der Waals surface area contributed by atoms with Crippen LogP contribution in [0, 0.1) is 0 Å². The van der Waals surface area contributed by atoms with Crippen molar-refractivity contribution in [1.82, 2.24) is 5.43 Å². The quantitative estimate of drug-likeness (QED) is 0.434. The summed E-state index contributed by atoms with van der Waals surface area (Å²) in [6.07, 6.45) is 1.37. The molecule has 28 heavy (non-hydrogen) atoms. The van der Waals surface area contributed by atoms with Crippen LogP contribution in [0.25, 0.3) is 0 Å². The summed E-state index contributed by atoms with van der Waals surface area (Å²) in [5.74, 6) is -0.0190. The number of phenols is 1. The van der Waals surface area contributed by atoms with E-state index in [0.717, 1.165) is 11.3 Å². The van der Waals surface area contributed by atoms with Crippen molar-refractivity contribution in [3.8, 4) is 11.5 Å². The Morgan fingerprint density at radius 1 is 1.04 bits per heavy atom. The molecule has 6 nitrogen and oxygen atoms in total. The van der Waals surface area contributed by atoms with Crippen LogP contribution in [0.5, 0.6) is 11.5 Å². The summed E-state index contributed by atoms with van der Waals surface area (Å²) in [6, 6.07) is 22.2. The molecule has 0 radical (unpaired) electrons. The molecule has 0 aliphatic carbocycles. The average molecular weight is 375 g/mol. The maximum atomic E-state index is 12.2. The number of nitrogens with one attached hydrogen (secondary N) is 2. The predicted octanol–water partition coefficient (Wildman–Crippen LogP) is 3.78. The van der Waals surface area contributed by atoms with Crippen molar-refractivity contribution in [3.05, 3.63) is 89.5 Å². The first-order chi connectivity index (χ1) is 13.7. The summed E-state index contributed by atoms with van der Waals surface area (Å²) < 4.78 is 5.04. The molecule has 0 heterocycles. The number of carbonyl (C=O) groups excluding carboxylic acids is 1. The van der Waals surface area contributed by atoms with Crippen LogP contribution in [0.1, 0.15) is 21.5 Å². The molecule has 0 aliphatic heterocycles. The number of anilines is 1. The molecule has 0 spiro atoms. The predicted molar refractivity (Wildman–Crippen MR) is 110 cm³/mol. The molecule has 0 atom stereocenters. The zero-order chi connectivity index (χ0) is 19.8. The van der Waals surface area contributed by atoms with Crippen LogP contribution in [0.4, 0.5) is 5.69 Å². The largest absolute Gasteiger partial charge is 0.504 e. The van der Waals surface area contributed by atoms with E-state index in [1.807, 2.05) is 42.5 Å². The van der Waals surface area contributed by atoms with Crippen LogP contribution in [0.15, 0.2) is 77.9 Å². The first kappa shape index (κ1) is 19.0. The van der Waals surface area contributed by atoms with Crippen molar-refractivity contribution in [3.63, 3.8) is 0 Å². The van der Waals surface area contributed by atoms with E-state index in [9.17, 15) is 9.90 Å². The lowest BCUT2D eigenvalue weighted by Crippen LogP contribution is -2.17. The van der Waals surface area contributed by atoms with Gasteiger partial charge < -0.3 is 15.2 Å². The van der Waals surface area contributed by atoms with Crippen molar-refractivity contribution in [2.75, 3.05) is 12.4 Å². The van der Waals surface area contributed by atoms with E-state index in [1.165, 1.54) is 13.3 Å². The Balaban J connectivity index is 1.56. The van der Waals surface area contributed by atoms with Crippen molar-refractivity contribution < 1.29 is 14.6 Å². The number of rotatable bonds is 7. The van der Waals surface area contributed by atoms with E-state index >= 15 is 0 Å². The van der Waals surface area contributed by atoms with Crippen LogP contribution in [0.2, 0.25) is 0 Å². The molecular formula is C22H21N3O3. The number of amides is 1. The monoisotopic (exact) mass is 375 g/mol. The van der Waals surface area contributed by atoms with Crippen LogP contribution < -0.4 is 15.5 Å². The van der Waals surface area contributed by atoms with Gasteiger partial charge >= 0.3 is 0 Å². The van der Waals surface area contributed by atoms with Gasteiger partial charge in [0.1, 0.15) is 0 Å². The van der Waals surface area contributed by atoms with Gasteiger partial charge in [-0.1, -0.05) is 36.4 Å². The number of para-hydroxylation sites is 2. The molecular weight excluding hydrogens is 354 g/mol. The van der Waals surface area contributed by atoms with Gasteiger partial charge in [-0.2, -0.15) is 5.10 Å². The molecule has 0 bridgehead atoms. The maximum Gasteiger partial charge on any atom is 0.271 e. The number of nitrogens with zero attached hydrogens (tertiary/aromatic N) is 1. The highest BCUT2D eigenvalue weighted by Crippen LogP contribution is 2.27. The number of benzene rings is 3. The van der Waals surface area contributed by atoms with Gasteiger partial charge in [0.2, 0.25) is 0 Å². The summed E-state index contributed by atoms with van der Waals surface area (Å²) in [7, 11) is 1.47. The van der Waals surface area contributed by atoms with E-state index in [0.29, 0.717) is 23.4 Å². The topological polar surface area (TPSA) is 83.0 Å². The standard InChI is InChI=1S/C22H21N3O3/c1-28-20-9-5-6-18(21(20)26)15-24-25-22(27)17-12-10-16(11-13-17)14-23-19-7-3-2-4-8-19/h2-13,15,23,26H,14H2,1H3,(H,25,27). The van der Waals surface area contributed by atoms with Gasteiger partial charge in [-0.3, -0.25) is 4.79 Å². The molecule has 3 aromatic carbocycles. The normalized spacial score (nSPS) is 10.6. The fourth-order valence-corrected chi connectivity index (χ4v) is 2.57. The first-order valence-corrected chi connectivity index (χ1v) is 8.74. The van der Waals surface area contributed by atoms with E-state index in [1.54, 1.807) is 30.3 Å². The van der Waals surface area contributed by atoms with Gasteiger partial charge in [0.05, 0.1) is 13.3 Å². The van der Waals surface area contributed by atoms with Crippen LogP contribution in [-0.4, -0.2) is 24.3 Å². The number of carbonyl (C=O) groups is 1. The highest BCUT2D eigenvalue weighted by Gasteiger charge is 2.06. The van der Waals surface area contributed by atoms with Gasteiger partial charge in [0.25, 0.3) is 5.91 Å². The van der Waals surface area contributed by atoms with Crippen LogP contribution in [0.3, 0.4) is 0 Å². The number of hydrogen-bond donors (Lipinski definition) is 3. The summed E-state index contributed by atoms with van der Waals surface area (Å²) in [4.78, 5) is 12.2. The van der Waals surface area contributed by atoms with Gasteiger partial charge in [-0.25, -0.2) is 5.43 Å². The Morgan fingerprint density at radius 2 is 1.79 bits per heavy atom. The van der Waals surface area contributed by atoms with Crippen molar-refractivity contribution in [1.29, 1.82) is 0 Å². The molecule has 3 N–H and O–H groups in total. The lowest BCUT2D eigenvalue weighted by atomic mass is 10.1. The van der Waals surface area contributed by atoms with Crippen molar-refractivity contribution in [2.24, 2.45) is 5.10 Å². The maximum absolute atomic E-state index is 12.2. The fraction of sp³-hybridized carbons (Fsp3) is 0.0909. The molecule has 142 valence electrons. The minimum Gasteiger partial charge on any atom is -0.504 e. The Bertz CT molecular complexity index is 955. The number of phenolic OH excluding ortho intramolecular Hbond substituents is 1. The van der Waals surface area contributed by atoms with Crippen molar-refractivity contribution in [2.45, 2.75) is 6.54 Å². The zero-order valence-electron chi connectivity index (χ0n) is 15.4. The molecule has 1 amide bonds. The van der Waals surface area contributed by atoms with Gasteiger partial charge in [-0.05, 0) is 42.0 Å². The zero-order valence-corrected chi connectivity index (χ0v) is 15.4. The van der Waals surface area contributed by atoms with Gasteiger partial charge in [0, 0.05) is 23.4 Å². The van der Waals surface area contributed by atoms with Crippen LogP contribution >= 0.6 is 0 Å². The second kappa shape index (κ2) is 9.23. The van der Waals surface area contributed by atoms with Gasteiger partial charge in [0.15, 0.2) is 11.5 Å². The Kier molecular flexibility index (Phi) is 6.25. The molecule has 0 fully saturated rings. The highest BCUT2D eigenvalue weighted by atomic mass is 16.5. The molecule has 0 saturated carbocycles. The SMILES string of the molecule is COc1cccc(C=NNC(=O)c2ccc(CNc3ccccc3)cc2)c1O. The number of aromatic hydroxyl groups is 1. The molecule has 0 saturated heterocycles. The Morgan fingerprint density at radius 3 is 2.50 bits per heavy atom. The summed E-state index contributed by atoms with van der Waals surface area (Å²) in [6.45, 7) is 0.666. The number of hydrogen-bond acceptors (Lipinski definition) is 5. The minimum atomic E-state index is -0.332. The average Bonchev–Trinajstić information content (AvgIpc) is 2.74. The minimum absolute atomic E-state index is 0.0294. The third-order valence-corrected chi connectivity index (χ3v) is 4.11. The van der Waals surface area contributed by atoms with Gasteiger partial charge in [-0.15, -0.1) is 0 Å². The lowest BCUT2D eigenvalue weighted by molar-refractivity contribution is 0.0955. The molecule has 6 heteroatoms. The molecule has 0 aromatic heterocycles. The Labute approximate surface area is 163 Å². The van der Waals surface area contributed by atoms with E-state index in [4.69, 9.17) is 4.74 Å². The lowest BCUT2D eigenvalue weighted by Gasteiger charge is -2.07. The summed E-state index contributed by atoms with van der Waals surface area (Å²) in [5.41, 5.74) is 5.50. The molecule has 0 aliphatic rings.